The van der Waals surface area contributed by atoms with Crippen molar-refractivity contribution in [1.29, 1.82) is 0 Å². The van der Waals surface area contributed by atoms with Crippen LogP contribution in [0.4, 0.5) is 0 Å². The summed E-state index contributed by atoms with van der Waals surface area (Å²) in [6.07, 6.45) is 0.613. The van der Waals surface area contributed by atoms with Crippen molar-refractivity contribution < 1.29 is 13.2 Å². The fourth-order valence-corrected chi connectivity index (χ4v) is 3.66. The maximum absolute atomic E-state index is 12.3. The van der Waals surface area contributed by atoms with Gasteiger partial charge in [-0.3, -0.25) is 5.10 Å². The number of rotatable bonds is 7. The van der Waals surface area contributed by atoms with Crippen LogP contribution in [-0.2, 0) is 16.4 Å². The highest BCUT2D eigenvalue weighted by Crippen LogP contribution is 2.16. The Hall–Kier alpha value is -1.86. The van der Waals surface area contributed by atoms with Crippen LogP contribution in [0.3, 0.4) is 0 Å². The SMILES string of the molecule is CCOc1ccc(CCNS(=O)(=O)c2c(C)n[nH]c2C)cc1. The molecule has 7 heteroatoms. The van der Waals surface area contributed by atoms with Crippen molar-refractivity contribution >= 4 is 10.0 Å². The first kappa shape index (κ1) is 16.5. The first-order valence-corrected chi connectivity index (χ1v) is 8.65. The van der Waals surface area contributed by atoms with Crippen LogP contribution in [0.25, 0.3) is 0 Å². The first-order chi connectivity index (χ1) is 10.4. The zero-order valence-corrected chi connectivity index (χ0v) is 13.8. The molecule has 0 spiro atoms. The van der Waals surface area contributed by atoms with E-state index in [-0.39, 0.29) is 4.90 Å². The number of ether oxygens (including phenoxy) is 1. The molecule has 0 aliphatic carbocycles. The average Bonchev–Trinajstić information content (AvgIpc) is 2.81. The van der Waals surface area contributed by atoms with Crippen molar-refractivity contribution in [2.75, 3.05) is 13.2 Å². The number of hydrogen-bond donors (Lipinski definition) is 2. The highest BCUT2D eigenvalue weighted by molar-refractivity contribution is 7.89. The fraction of sp³-hybridized carbons (Fsp3) is 0.400. The van der Waals surface area contributed by atoms with Gasteiger partial charge in [0.1, 0.15) is 10.6 Å². The lowest BCUT2D eigenvalue weighted by atomic mass is 10.1. The molecule has 120 valence electrons. The summed E-state index contributed by atoms with van der Waals surface area (Å²) in [5.41, 5.74) is 2.07. The highest BCUT2D eigenvalue weighted by Gasteiger charge is 2.21. The van der Waals surface area contributed by atoms with Crippen molar-refractivity contribution in [1.82, 2.24) is 14.9 Å². The molecule has 1 aromatic carbocycles. The smallest absolute Gasteiger partial charge is 0.244 e. The number of sulfonamides is 1. The first-order valence-electron chi connectivity index (χ1n) is 7.17. The van der Waals surface area contributed by atoms with Gasteiger partial charge in [-0.15, -0.1) is 0 Å². The number of aryl methyl sites for hydroxylation is 2. The van der Waals surface area contributed by atoms with E-state index in [1.54, 1.807) is 13.8 Å². The van der Waals surface area contributed by atoms with Crippen LogP contribution in [0.5, 0.6) is 5.75 Å². The molecule has 1 aromatic heterocycles. The second-order valence-corrected chi connectivity index (χ2v) is 6.69. The molecule has 1 heterocycles. The summed E-state index contributed by atoms with van der Waals surface area (Å²) in [6, 6.07) is 7.65. The van der Waals surface area contributed by atoms with Crippen molar-refractivity contribution in [3.05, 3.63) is 41.2 Å². The Morgan fingerprint density at radius 1 is 1.23 bits per heavy atom. The average molecular weight is 323 g/mol. The predicted octanol–water partition coefficient (Wildman–Crippen LogP) is 1.95. The quantitative estimate of drug-likeness (QED) is 0.815. The Morgan fingerprint density at radius 2 is 1.91 bits per heavy atom. The minimum absolute atomic E-state index is 0.235. The van der Waals surface area contributed by atoms with Crippen molar-refractivity contribution in [3.8, 4) is 5.75 Å². The highest BCUT2D eigenvalue weighted by atomic mass is 32.2. The lowest BCUT2D eigenvalue weighted by Gasteiger charge is -2.08. The van der Waals surface area contributed by atoms with E-state index in [4.69, 9.17) is 4.74 Å². The van der Waals surface area contributed by atoms with E-state index in [9.17, 15) is 8.42 Å². The summed E-state index contributed by atoms with van der Waals surface area (Å²) in [4.78, 5) is 0.235. The molecule has 2 rings (SSSR count). The standard InChI is InChI=1S/C15H21N3O3S/c1-4-21-14-7-5-13(6-8-14)9-10-16-22(19,20)15-11(2)17-18-12(15)3/h5-8,16H,4,9-10H2,1-3H3,(H,17,18). The van der Waals surface area contributed by atoms with Crippen molar-refractivity contribution in [3.63, 3.8) is 0 Å². The molecule has 0 saturated heterocycles. The van der Waals surface area contributed by atoms with E-state index < -0.39 is 10.0 Å². The second-order valence-electron chi connectivity index (χ2n) is 4.99. The van der Waals surface area contributed by atoms with Gasteiger partial charge in [0, 0.05) is 6.54 Å². The van der Waals surface area contributed by atoms with Gasteiger partial charge in [0.25, 0.3) is 0 Å². The van der Waals surface area contributed by atoms with Gasteiger partial charge >= 0.3 is 0 Å². The van der Waals surface area contributed by atoms with Gasteiger partial charge in [-0.05, 0) is 44.9 Å². The normalized spacial score (nSPS) is 11.6. The molecule has 0 saturated carbocycles. The number of nitrogens with zero attached hydrogens (tertiary/aromatic N) is 1. The summed E-state index contributed by atoms with van der Waals surface area (Å²) in [6.45, 7) is 6.26. The Kier molecular flexibility index (Phi) is 5.20. The summed E-state index contributed by atoms with van der Waals surface area (Å²) < 4.78 is 32.5. The topological polar surface area (TPSA) is 84.1 Å². The van der Waals surface area contributed by atoms with Gasteiger partial charge in [0.15, 0.2) is 0 Å². The van der Waals surface area contributed by atoms with E-state index in [2.05, 4.69) is 14.9 Å². The minimum Gasteiger partial charge on any atom is -0.494 e. The number of benzene rings is 1. The Balaban J connectivity index is 1.95. The Morgan fingerprint density at radius 3 is 2.45 bits per heavy atom. The van der Waals surface area contributed by atoms with Gasteiger partial charge in [0.05, 0.1) is 18.0 Å². The Bertz CT molecular complexity index is 701. The molecule has 0 fully saturated rings. The zero-order valence-electron chi connectivity index (χ0n) is 13.0. The van der Waals surface area contributed by atoms with Crippen LogP contribution in [0.1, 0.15) is 23.9 Å². The molecule has 0 radical (unpaired) electrons. The number of aromatic amines is 1. The van der Waals surface area contributed by atoms with Crippen molar-refractivity contribution in [2.24, 2.45) is 0 Å². The van der Waals surface area contributed by atoms with Crippen LogP contribution in [0, 0.1) is 13.8 Å². The molecule has 2 N–H and O–H groups in total. The molecule has 0 bridgehead atoms. The molecular formula is C15H21N3O3S. The van der Waals surface area contributed by atoms with Crippen LogP contribution < -0.4 is 9.46 Å². The van der Waals surface area contributed by atoms with Crippen LogP contribution >= 0.6 is 0 Å². The summed E-state index contributed by atoms with van der Waals surface area (Å²) >= 11 is 0. The maximum atomic E-state index is 12.3. The monoisotopic (exact) mass is 323 g/mol. The van der Waals surface area contributed by atoms with Gasteiger partial charge in [-0.25, -0.2) is 13.1 Å². The largest absolute Gasteiger partial charge is 0.494 e. The van der Waals surface area contributed by atoms with Gasteiger partial charge in [-0.1, -0.05) is 12.1 Å². The van der Waals surface area contributed by atoms with E-state index >= 15 is 0 Å². The third kappa shape index (κ3) is 3.86. The molecule has 0 amide bonds. The fourth-order valence-electron chi connectivity index (χ4n) is 2.26. The third-order valence-corrected chi connectivity index (χ3v) is 4.99. The molecule has 0 unspecified atom stereocenters. The van der Waals surface area contributed by atoms with E-state index in [1.807, 2.05) is 31.2 Å². The van der Waals surface area contributed by atoms with Gasteiger partial charge in [-0.2, -0.15) is 5.10 Å². The number of H-pyrrole nitrogens is 1. The zero-order chi connectivity index (χ0) is 16.2. The van der Waals surface area contributed by atoms with Crippen LogP contribution in [0.15, 0.2) is 29.2 Å². The van der Waals surface area contributed by atoms with Crippen LogP contribution in [0.2, 0.25) is 0 Å². The molecule has 0 aliphatic heterocycles. The molecule has 2 aromatic rings. The molecular weight excluding hydrogens is 302 g/mol. The minimum atomic E-state index is -3.53. The third-order valence-electron chi connectivity index (χ3n) is 3.27. The molecule has 0 aliphatic rings. The summed E-state index contributed by atoms with van der Waals surface area (Å²) in [7, 11) is -3.53. The Labute approximate surface area is 130 Å². The van der Waals surface area contributed by atoms with E-state index in [0.29, 0.717) is 31.0 Å². The summed E-state index contributed by atoms with van der Waals surface area (Å²) in [5.74, 6) is 0.816. The number of aromatic nitrogens is 2. The lowest BCUT2D eigenvalue weighted by Crippen LogP contribution is -2.26. The van der Waals surface area contributed by atoms with Crippen molar-refractivity contribution in [2.45, 2.75) is 32.1 Å². The van der Waals surface area contributed by atoms with E-state index in [0.717, 1.165) is 11.3 Å². The second kappa shape index (κ2) is 6.93. The number of nitrogens with one attached hydrogen (secondary N) is 2. The lowest BCUT2D eigenvalue weighted by molar-refractivity contribution is 0.340. The van der Waals surface area contributed by atoms with Crippen LogP contribution in [-0.4, -0.2) is 31.8 Å². The molecule has 6 nitrogen and oxygen atoms in total. The summed E-state index contributed by atoms with van der Waals surface area (Å²) in [5, 5.41) is 6.60. The molecule has 22 heavy (non-hydrogen) atoms. The maximum Gasteiger partial charge on any atom is 0.244 e. The molecule has 0 atom stereocenters. The number of hydrogen-bond acceptors (Lipinski definition) is 4. The van der Waals surface area contributed by atoms with Gasteiger partial charge < -0.3 is 4.74 Å². The van der Waals surface area contributed by atoms with E-state index in [1.165, 1.54) is 0 Å². The van der Waals surface area contributed by atoms with Gasteiger partial charge in [0.2, 0.25) is 10.0 Å². The predicted molar refractivity (Wildman–Crippen MR) is 84.6 cm³/mol.